The molecule has 0 spiro atoms. The summed E-state index contributed by atoms with van der Waals surface area (Å²) in [4.78, 5) is 14.1. The Kier molecular flexibility index (Phi) is 4.45. The maximum absolute atomic E-state index is 12.0. The zero-order valence-electron chi connectivity index (χ0n) is 10.9. The van der Waals surface area contributed by atoms with Crippen molar-refractivity contribution in [2.75, 3.05) is 0 Å². The zero-order chi connectivity index (χ0) is 12.4. The summed E-state index contributed by atoms with van der Waals surface area (Å²) in [5, 5.41) is 0.695. The van der Waals surface area contributed by atoms with Gasteiger partial charge >= 0.3 is 0 Å². The minimum Gasteiger partial charge on any atom is -0.327 e. The van der Waals surface area contributed by atoms with Crippen LogP contribution in [0.5, 0.6) is 0 Å². The van der Waals surface area contributed by atoms with Crippen molar-refractivity contribution in [1.82, 2.24) is 4.90 Å². The third kappa shape index (κ3) is 3.01. The first-order chi connectivity index (χ1) is 8.09. The SMILES string of the molecule is [B]C1CCCCCC2C(C1)SC(=O)N2C(C)C. The fraction of sp³-hybridized carbons (Fsp3) is 0.923. The normalized spacial score (nSPS) is 35.4. The highest BCUT2D eigenvalue weighted by atomic mass is 32.2. The molecule has 1 amide bonds. The molecule has 2 rings (SSSR count). The van der Waals surface area contributed by atoms with E-state index in [1.807, 2.05) is 0 Å². The van der Waals surface area contributed by atoms with Crippen LogP contribution < -0.4 is 0 Å². The molecular weight excluding hydrogens is 229 g/mol. The summed E-state index contributed by atoms with van der Waals surface area (Å²) in [6.45, 7) is 4.24. The summed E-state index contributed by atoms with van der Waals surface area (Å²) >= 11 is 1.53. The summed E-state index contributed by atoms with van der Waals surface area (Å²) in [6, 6.07) is 0.749. The number of rotatable bonds is 1. The first-order valence-electron chi connectivity index (χ1n) is 6.84. The van der Waals surface area contributed by atoms with Crippen LogP contribution >= 0.6 is 11.8 Å². The van der Waals surface area contributed by atoms with Crippen molar-refractivity contribution < 1.29 is 4.79 Å². The number of fused-ring (bicyclic) bond motifs is 1. The zero-order valence-corrected chi connectivity index (χ0v) is 11.7. The number of amides is 1. The molecule has 94 valence electrons. The van der Waals surface area contributed by atoms with Crippen LogP contribution in [-0.4, -0.2) is 35.3 Å². The maximum atomic E-state index is 12.0. The van der Waals surface area contributed by atoms with Crippen LogP contribution in [0.25, 0.3) is 0 Å². The van der Waals surface area contributed by atoms with Crippen LogP contribution in [0.15, 0.2) is 0 Å². The minimum absolute atomic E-state index is 0.266. The fourth-order valence-corrected chi connectivity index (χ4v) is 4.56. The molecule has 3 unspecified atom stereocenters. The first-order valence-corrected chi connectivity index (χ1v) is 7.72. The van der Waals surface area contributed by atoms with Gasteiger partial charge in [0, 0.05) is 17.3 Å². The number of carbonyl (C=O) groups excluding carboxylic acids is 1. The molecule has 0 bridgehead atoms. The largest absolute Gasteiger partial charge is 0.327 e. The molecule has 1 saturated carbocycles. The van der Waals surface area contributed by atoms with E-state index in [4.69, 9.17) is 7.85 Å². The molecule has 1 heterocycles. The summed E-state index contributed by atoms with van der Waals surface area (Å²) in [6.07, 6.45) is 7.05. The van der Waals surface area contributed by atoms with E-state index in [-0.39, 0.29) is 11.1 Å². The summed E-state index contributed by atoms with van der Waals surface area (Å²) in [7, 11) is 6.15. The molecule has 1 aliphatic carbocycles. The predicted octanol–water partition coefficient (Wildman–Crippen LogP) is 3.61. The van der Waals surface area contributed by atoms with Gasteiger partial charge in [-0.15, -0.1) is 0 Å². The third-order valence-corrected chi connectivity index (χ3v) is 5.14. The Morgan fingerprint density at radius 3 is 2.71 bits per heavy atom. The molecule has 2 aliphatic rings. The number of hydrogen-bond donors (Lipinski definition) is 0. The van der Waals surface area contributed by atoms with E-state index in [9.17, 15) is 4.79 Å². The third-order valence-electron chi connectivity index (χ3n) is 3.92. The molecule has 2 nitrogen and oxygen atoms in total. The van der Waals surface area contributed by atoms with Gasteiger partial charge in [0.15, 0.2) is 0 Å². The van der Waals surface area contributed by atoms with Crippen LogP contribution in [-0.2, 0) is 0 Å². The maximum Gasteiger partial charge on any atom is 0.282 e. The van der Waals surface area contributed by atoms with Crippen molar-refractivity contribution in [3.8, 4) is 0 Å². The van der Waals surface area contributed by atoms with Crippen LogP contribution in [0.2, 0.25) is 5.82 Å². The Labute approximate surface area is 110 Å². The summed E-state index contributed by atoms with van der Waals surface area (Å²) in [5.74, 6) is 0.285. The Bertz CT molecular complexity index is 285. The standard InChI is InChI=1S/C13H22BNOS/c1-9(2)15-11-7-5-3-4-6-10(14)8-12(11)17-13(15)16/h9-12H,3-8H2,1-2H3. The van der Waals surface area contributed by atoms with Gasteiger partial charge in [0.05, 0.1) is 7.85 Å². The lowest BCUT2D eigenvalue weighted by atomic mass is 9.79. The molecule has 2 fully saturated rings. The Morgan fingerprint density at radius 2 is 2.00 bits per heavy atom. The Morgan fingerprint density at radius 1 is 1.29 bits per heavy atom. The lowest BCUT2D eigenvalue weighted by molar-refractivity contribution is 0.177. The van der Waals surface area contributed by atoms with Crippen molar-refractivity contribution in [2.45, 2.75) is 75.5 Å². The molecule has 0 aromatic rings. The number of thioether (sulfide) groups is 1. The molecular formula is C13H22BNOS. The second kappa shape index (κ2) is 5.68. The van der Waals surface area contributed by atoms with Crippen molar-refractivity contribution >= 4 is 24.8 Å². The van der Waals surface area contributed by atoms with Crippen LogP contribution in [0.3, 0.4) is 0 Å². The smallest absolute Gasteiger partial charge is 0.282 e. The Balaban J connectivity index is 2.12. The molecule has 0 aromatic carbocycles. The molecule has 1 aliphatic heterocycles. The highest BCUT2D eigenvalue weighted by Gasteiger charge is 2.41. The summed E-state index contributed by atoms with van der Waals surface area (Å²) in [5.41, 5.74) is 0. The number of carbonyl (C=O) groups is 1. The molecule has 0 N–H and O–H groups in total. The average Bonchev–Trinajstić information content (AvgIpc) is 2.56. The topological polar surface area (TPSA) is 20.3 Å². The van der Waals surface area contributed by atoms with E-state index in [1.165, 1.54) is 31.0 Å². The van der Waals surface area contributed by atoms with Crippen molar-refractivity contribution in [3.05, 3.63) is 0 Å². The highest BCUT2D eigenvalue weighted by molar-refractivity contribution is 8.14. The van der Waals surface area contributed by atoms with Gasteiger partial charge in [-0.1, -0.05) is 43.3 Å². The van der Waals surface area contributed by atoms with E-state index >= 15 is 0 Å². The van der Waals surface area contributed by atoms with Crippen molar-refractivity contribution in [2.24, 2.45) is 0 Å². The van der Waals surface area contributed by atoms with Crippen molar-refractivity contribution in [3.63, 3.8) is 0 Å². The second-order valence-electron chi connectivity index (χ2n) is 5.62. The molecule has 2 radical (unpaired) electrons. The molecule has 4 heteroatoms. The number of hydrogen-bond acceptors (Lipinski definition) is 2. The van der Waals surface area contributed by atoms with E-state index in [0.29, 0.717) is 17.3 Å². The van der Waals surface area contributed by atoms with Gasteiger partial charge in [-0.05, 0) is 26.7 Å². The minimum atomic E-state index is 0.266. The lowest BCUT2D eigenvalue weighted by Crippen LogP contribution is -2.41. The van der Waals surface area contributed by atoms with Gasteiger partial charge in [0.25, 0.3) is 5.24 Å². The van der Waals surface area contributed by atoms with E-state index in [2.05, 4.69) is 18.7 Å². The van der Waals surface area contributed by atoms with E-state index in [0.717, 1.165) is 19.3 Å². The lowest BCUT2D eigenvalue weighted by Gasteiger charge is -2.30. The quantitative estimate of drug-likeness (QED) is 0.663. The average molecular weight is 251 g/mol. The van der Waals surface area contributed by atoms with Crippen LogP contribution in [0.1, 0.15) is 52.4 Å². The van der Waals surface area contributed by atoms with Gasteiger partial charge in [-0.25, -0.2) is 0 Å². The van der Waals surface area contributed by atoms with E-state index < -0.39 is 0 Å². The predicted molar refractivity (Wildman–Crippen MR) is 74.7 cm³/mol. The van der Waals surface area contributed by atoms with Gasteiger partial charge in [0.2, 0.25) is 0 Å². The Hall–Kier alpha value is -0.115. The van der Waals surface area contributed by atoms with E-state index in [1.54, 1.807) is 0 Å². The monoisotopic (exact) mass is 251 g/mol. The van der Waals surface area contributed by atoms with Crippen molar-refractivity contribution in [1.29, 1.82) is 0 Å². The molecule has 3 atom stereocenters. The van der Waals surface area contributed by atoms with Gasteiger partial charge in [0.1, 0.15) is 0 Å². The van der Waals surface area contributed by atoms with Crippen LogP contribution in [0, 0.1) is 0 Å². The summed E-state index contributed by atoms with van der Waals surface area (Å²) < 4.78 is 0. The molecule has 1 saturated heterocycles. The highest BCUT2D eigenvalue weighted by Crippen LogP contribution is 2.41. The van der Waals surface area contributed by atoms with Crippen LogP contribution in [0.4, 0.5) is 4.79 Å². The second-order valence-corrected chi connectivity index (χ2v) is 6.81. The molecule has 0 aromatic heterocycles. The fourth-order valence-electron chi connectivity index (χ4n) is 3.06. The van der Waals surface area contributed by atoms with Gasteiger partial charge in [-0.3, -0.25) is 4.79 Å². The van der Waals surface area contributed by atoms with Gasteiger partial charge < -0.3 is 4.90 Å². The molecule has 17 heavy (non-hydrogen) atoms. The first kappa shape index (κ1) is 13.3. The number of nitrogens with zero attached hydrogens (tertiary/aromatic N) is 1. The van der Waals surface area contributed by atoms with Gasteiger partial charge in [-0.2, -0.15) is 0 Å².